The number of halogens is 2. The summed E-state index contributed by atoms with van der Waals surface area (Å²) in [6, 6.07) is 15.0. The molecule has 1 aliphatic heterocycles. The Morgan fingerprint density at radius 1 is 0.938 bits per heavy atom. The lowest BCUT2D eigenvalue weighted by molar-refractivity contribution is 0.0481. The number of rotatable bonds is 5. The molecule has 1 amide bonds. The lowest BCUT2D eigenvalue weighted by Crippen LogP contribution is -2.50. The number of aromatic nitrogens is 1. The van der Waals surface area contributed by atoms with Gasteiger partial charge in [0, 0.05) is 64.6 Å². The molecule has 4 aromatic rings. The van der Waals surface area contributed by atoms with Crippen LogP contribution in [0.5, 0.6) is 0 Å². The number of carbonyl (C=O) groups excluding carboxylic acids is 1. The number of nitrogens with zero attached hydrogens (tertiary/aromatic N) is 3. The van der Waals surface area contributed by atoms with Crippen molar-refractivity contribution in [3.8, 4) is 0 Å². The summed E-state index contributed by atoms with van der Waals surface area (Å²) in [5, 5.41) is 14.3. The summed E-state index contributed by atoms with van der Waals surface area (Å²) in [5.74, 6) is 0.280. The second-order valence-corrected chi connectivity index (χ2v) is 9.03. The van der Waals surface area contributed by atoms with Gasteiger partial charge in [-0.15, -0.1) is 0 Å². The maximum absolute atomic E-state index is 12.4. The highest BCUT2D eigenvalue weighted by Gasteiger charge is 2.25. The standard InChI is InChI=1S/C24H23Cl2N3O3/c25-16-3-5-21-19(12-16)20-13-17(26)4-6-22(20)29(21)15-18(30)14-27-7-9-28(10-8-27)24(31)23-2-1-11-32-23/h1-6,11-13,18,30H,7-10,14-15H2/t18-/m0/s1. The van der Waals surface area contributed by atoms with Gasteiger partial charge >= 0.3 is 0 Å². The van der Waals surface area contributed by atoms with Crippen molar-refractivity contribution >= 4 is 50.9 Å². The first kappa shape index (κ1) is 21.3. The summed E-state index contributed by atoms with van der Waals surface area (Å²) >= 11 is 12.5. The molecule has 0 unspecified atom stereocenters. The van der Waals surface area contributed by atoms with Gasteiger partial charge in [-0.05, 0) is 48.5 Å². The van der Waals surface area contributed by atoms with E-state index in [0.29, 0.717) is 55.1 Å². The summed E-state index contributed by atoms with van der Waals surface area (Å²) < 4.78 is 7.34. The second-order valence-electron chi connectivity index (χ2n) is 8.16. The molecule has 0 aliphatic carbocycles. The number of piperazine rings is 1. The van der Waals surface area contributed by atoms with Gasteiger partial charge in [0.15, 0.2) is 5.76 Å². The van der Waals surface area contributed by atoms with Crippen LogP contribution >= 0.6 is 23.2 Å². The third kappa shape index (κ3) is 4.11. The van der Waals surface area contributed by atoms with E-state index in [4.69, 9.17) is 27.6 Å². The summed E-state index contributed by atoms with van der Waals surface area (Å²) in [5.41, 5.74) is 2.03. The highest BCUT2D eigenvalue weighted by atomic mass is 35.5. The van der Waals surface area contributed by atoms with Crippen LogP contribution in [0.1, 0.15) is 10.6 Å². The number of amides is 1. The number of β-amino-alcohol motifs (C(OH)–C–C–N with tert-alkyl or cyclic N) is 1. The van der Waals surface area contributed by atoms with Crippen LogP contribution in [0.3, 0.4) is 0 Å². The van der Waals surface area contributed by atoms with Crippen LogP contribution in [0, 0.1) is 0 Å². The maximum Gasteiger partial charge on any atom is 0.289 e. The first-order valence-electron chi connectivity index (χ1n) is 10.6. The zero-order valence-electron chi connectivity index (χ0n) is 17.4. The second kappa shape index (κ2) is 8.79. The lowest BCUT2D eigenvalue weighted by Gasteiger charge is -2.35. The summed E-state index contributed by atoms with van der Waals surface area (Å²) in [7, 11) is 0. The van der Waals surface area contributed by atoms with E-state index < -0.39 is 6.10 Å². The minimum Gasteiger partial charge on any atom is -0.459 e. The van der Waals surface area contributed by atoms with Crippen LogP contribution in [0.15, 0.2) is 59.2 Å². The minimum absolute atomic E-state index is 0.0854. The molecular weight excluding hydrogens is 449 g/mol. The van der Waals surface area contributed by atoms with Crippen LogP contribution in [-0.4, -0.2) is 64.2 Å². The molecule has 1 N–H and O–H groups in total. The third-order valence-corrected chi connectivity index (χ3v) is 6.51. The van der Waals surface area contributed by atoms with Crippen molar-refractivity contribution in [2.75, 3.05) is 32.7 Å². The number of aliphatic hydroxyl groups excluding tert-OH is 1. The van der Waals surface area contributed by atoms with Gasteiger partial charge in [-0.1, -0.05) is 23.2 Å². The molecule has 5 rings (SSSR count). The molecule has 1 atom stereocenters. The van der Waals surface area contributed by atoms with E-state index in [9.17, 15) is 9.90 Å². The van der Waals surface area contributed by atoms with Gasteiger partial charge in [0.2, 0.25) is 0 Å². The number of benzene rings is 2. The van der Waals surface area contributed by atoms with E-state index in [0.717, 1.165) is 21.8 Å². The fraction of sp³-hybridized carbons (Fsp3) is 0.292. The number of hydrogen-bond donors (Lipinski definition) is 1. The van der Waals surface area contributed by atoms with Crippen LogP contribution < -0.4 is 0 Å². The van der Waals surface area contributed by atoms with Gasteiger partial charge in [0.25, 0.3) is 5.91 Å². The predicted molar refractivity (Wildman–Crippen MR) is 127 cm³/mol. The molecule has 2 aromatic carbocycles. The van der Waals surface area contributed by atoms with Gasteiger partial charge in [-0.3, -0.25) is 9.69 Å². The number of fused-ring (bicyclic) bond motifs is 3. The van der Waals surface area contributed by atoms with Gasteiger partial charge < -0.3 is 19.0 Å². The number of carbonyl (C=O) groups is 1. The van der Waals surface area contributed by atoms with Crippen molar-refractivity contribution in [2.24, 2.45) is 0 Å². The molecule has 1 saturated heterocycles. The van der Waals surface area contributed by atoms with Gasteiger partial charge in [-0.25, -0.2) is 0 Å². The Bertz CT molecular complexity index is 1200. The van der Waals surface area contributed by atoms with Crippen LogP contribution in [0.2, 0.25) is 10.0 Å². The van der Waals surface area contributed by atoms with Crippen molar-refractivity contribution in [1.82, 2.24) is 14.4 Å². The summed E-state index contributed by atoms with van der Waals surface area (Å²) in [6.45, 7) is 3.63. The van der Waals surface area contributed by atoms with E-state index in [1.165, 1.54) is 6.26 Å². The van der Waals surface area contributed by atoms with Crippen molar-refractivity contribution in [3.63, 3.8) is 0 Å². The first-order chi connectivity index (χ1) is 15.5. The molecule has 2 aromatic heterocycles. The van der Waals surface area contributed by atoms with Crippen LogP contribution in [-0.2, 0) is 6.54 Å². The molecule has 0 bridgehead atoms. The van der Waals surface area contributed by atoms with E-state index in [1.54, 1.807) is 17.0 Å². The molecular formula is C24H23Cl2N3O3. The molecule has 0 spiro atoms. The zero-order valence-corrected chi connectivity index (χ0v) is 18.9. The zero-order chi connectivity index (χ0) is 22.2. The number of furan rings is 1. The van der Waals surface area contributed by atoms with E-state index in [1.807, 2.05) is 36.4 Å². The van der Waals surface area contributed by atoms with E-state index in [2.05, 4.69) is 9.47 Å². The van der Waals surface area contributed by atoms with Crippen molar-refractivity contribution in [3.05, 3.63) is 70.6 Å². The largest absolute Gasteiger partial charge is 0.459 e. The highest BCUT2D eigenvalue weighted by molar-refractivity contribution is 6.33. The molecule has 32 heavy (non-hydrogen) atoms. The molecule has 0 radical (unpaired) electrons. The Morgan fingerprint density at radius 2 is 1.56 bits per heavy atom. The molecule has 6 nitrogen and oxygen atoms in total. The van der Waals surface area contributed by atoms with Crippen LogP contribution in [0.4, 0.5) is 0 Å². The lowest BCUT2D eigenvalue weighted by atomic mass is 10.1. The third-order valence-electron chi connectivity index (χ3n) is 6.04. The average Bonchev–Trinajstić information content (AvgIpc) is 3.41. The maximum atomic E-state index is 12.4. The Hall–Kier alpha value is -2.51. The smallest absolute Gasteiger partial charge is 0.289 e. The summed E-state index contributed by atoms with van der Waals surface area (Å²) in [6.07, 6.45) is 0.948. The average molecular weight is 472 g/mol. The SMILES string of the molecule is O=C(c1ccco1)N1CCN(C[C@H](O)Cn2c3ccc(Cl)cc3c3cc(Cl)ccc32)CC1. The fourth-order valence-electron chi connectivity index (χ4n) is 4.50. The van der Waals surface area contributed by atoms with E-state index in [-0.39, 0.29) is 5.91 Å². The Morgan fingerprint density at radius 3 is 2.12 bits per heavy atom. The number of hydrogen-bond acceptors (Lipinski definition) is 4. The van der Waals surface area contributed by atoms with Gasteiger partial charge in [-0.2, -0.15) is 0 Å². The Labute approximate surface area is 195 Å². The quantitative estimate of drug-likeness (QED) is 0.464. The Balaban J connectivity index is 1.28. The molecule has 1 aliphatic rings. The molecule has 1 fully saturated rings. The highest BCUT2D eigenvalue weighted by Crippen LogP contribution is 2.33. The van der Waals surface area contributed by atoms with Crippen molar-refractivity contribution < 1.29 is 14.3 Å². The van der Waals surface area contributed by atoms with Gasteiger partial charge in [0.1, 0.15) is 0 Å². The van der Waals surface area contributed by atoms with Crippen molar-refractivity contribution in [1.29, 1.82) is 0 Å². The first-order valence-corrected chi connectivity index (χ1v) is 11.4. The molecule has 3 heterocycles. The molecule has 0 saturated carbocycles. The van der Waals surface area contributed by atoms with Crippen LogP contribution in [0.25, 0.3) is 21.8 Å². The molecule has 8 heteroatoms. The fourth-order valence-corrected chi connectivity index (χ4v) is 4.85. The monoisotopic (exact) mass is 471 g/mol. The predicted octanol–water partition coefficient (Wildman–Crippen LogP) is 4.51. The normalized spacial score (nSPS) is 16.2. The van der Waals surface area contributed by atoms with Crippen molar-refractivity contribution in [2.45, 2.75) is 12.6 Å². The summed E-state index contributed by atoms with van der Waals surface area (Å²) in [4.78, 5) is 16.4. The van der Waals surface area contributed by atoms with Gasteiger partial charge in [0.05, 0.1) is 18.9 Å². The van der Waals surface area contributed by atoms with E-state index >= 15 is 0 Å². The number of aliphatic hydroxyl groups is 1. The topological polar surface area (TPSA) is 61.9 Å². The minimum atomic E-state index is -0.563. The molecule has 166 valence electrons. The Kier molecular flexibility index (Phi) is 5.86.